The molecule has 0 bridgehead atoms. The fraction of sp³-hybridized carbons (Fsp3) is 0.529. The van der Waals surface area contributed by atoms with Gasteiger partial charge in [0, 0.05) is 24.4 Å². The zero-order chi connectivity index (χ0) is 17.2. The monoisotopic (exact) mass is 359 g/mol. The van der Waals surface area contributed by atoms with Crippen molar-refractivity contribution in [2.75, 3.05) is 6.54 Å². The molecule has 1 saturated carbocycles. The highest BCUT2D eigenvalue weighted by atomic mass is 32.1. The molecule has 7 nitrogen and oxygen atoms in total. The second kappa shape index (κ2) is 6.95. The van der Waals surface area contributed by atoms with Gasteiger partial charge in [0.25, 0.3) is 5.91 Å². The van der Waals surface area contributed by atoms with Gasteiger partial charge in [-0.25, -0.2) is 4.98 Å². The fourth-order valence-electron chi connectivity index (χ4n) is 3.30. The lowest BCUT2D eigenvalue weighted by Gasteiger charge is -2.30. The number of nitrogens with one attached hydrogen (secondary N) is 1. The van der Waals surface area contributed by atoms with Crippen molar-refractivity contribution in [1.82, 2.24) is 25.0 Å². The van der Waals surface area contributed by atoms with Crippen molar-refractivity contribution < 1.29 is 9.59 Å². The third-order valence-corrected chi connectivity index (χ3v) is 5.51. The van der Waals surface area contributed by atoms with E-state index in [9.17, 15) is 9.59 Å². The molecule has 1 aliphatic carbocycles. The highest BCUT2D eigenvalue weighted by molar-refractivity contribution is 7.07. The molecule has 2 amide bonds. The summed E-state index contributed by atoms with van der Waals surface area (Å²) >= 11 is 1.40. The summed E-state index contributed by atoms with van der Waals surface area (Å²) in [6.45, 7) is 2.59. The molecular weight excluding hydrogens is 338 g/mol. The molecule has 0 spiro atoms. The smallest absolute Gasteiger partial charge is 0.271 e. The van der Waals surface area contributed by atoms with E-state index in [-0.39, 0.29) is 11.8 Å². The summed E-state index contributed by atoms with van der Waals surface area (Å²) in [6, 6.07) is 1.99. The van der Waals surface area contributed by atoms with Crippen molar-refractivity contribution in [2.24, 2.45) is 5.92 Å². The van der Waals surface area contributed by atoms with Crippen LogP contribution in [-0.4, -0.2) is 38.0 Å². The van der Waals surface area contributed by atoms with E-state index in [0.717, 1.165) is 43.7 Å². The van der Waals surface area contributed by atoms with Crippen LogP contribution < -0.4 is 5.32 Å². The van der Waals surface area contributed by atoms with Crippen LogP contribution in [0.2, 0.25) is 0 Å². The first-order valence-electron chi connectivity index (χ1n) is 8.71. The maximum atomic E-state index is 12.5. The summed E-state index contributed by atoms with van der Waals surface area (Å²) in [7, 11) is 0. The van der Waals surface area contributed by atoms with E-state index in [4.69, 9.17) is 0 Å². The van der Waals surface area contributed by atoms with Crippen molar-refractivity contribution in [3.05, 3.63) is 34.0 Å². The Morgan fingerprint density at radius 1 is 1.28 bits per heavy atom. The van der Waals surface area contributed by atoms with Crippen LogP contribution in [0.4, 0.5) is 0 Å². The maximum absolute atomic E-state index is 12.5. The van der Waals surface area contributed by atoms with E-state index in [1.54, 1.807) is 10.9 Å². The summed E-state index contributed by atoms with van der Waals surface area (Å²) in [5.41, 5.74) is 3.93. The Balaban J connectivity index is 1.40. The van der Waals surface area contributed by atoms with Crippen LogP contribution in [0.5, 0.6) is 0 Å². The molecule has 25 heavy (non-hydrogen) atoms. The Kier molecular flexibility index (Phi) is 4.52. The Labute approximate surface area is 150 Å². The van der Waals surface area contributed by atoms with Gasteiger partial charge in [-0.15, -0.1) is 11.3 Å². The number of rotatable bonds is 4. The molecule has 132 valence electrons. The van der Waals surface area contributed by atoms with Gasteiger partial charge in [0.15, 0.2) is 0 Å². The molecule has 0 saturated heterocycles. The summed E-state index contributed by atoms with van der Waals surface area (Å²) in [6.07, 6.45) is 4.15. The van der Waals surface area contributed by atoms with Crippen LogP contribution in [0, 0.1) is 5.92 Å². The van der Waals surface area contributed by atoms with E-state index in [1.165, 1.54) is 17.8 Å². The average Bonchev–Trinajstić information content (AvgIpc) is 3.17. The zero-order valence-corrected chi connectivity index (χ0v) is 14.8. The molecule has 1 fully saturated rings. The zero-order valence-electron chi connectivity index (χ0n) is 14.0. The summed E-state index contributed by atoms with van der Waals surface area (Å²) in [4.78, 5) is 30.5. The highest BCUT2D eigenvalue weighted by Gasteiger charge is 2.30. The molecule has 0 unspecified atom stereocenters. The van der Waals surface area contributed by atoms with Gasteiger partial charge in [0.2, 0.25) is 5.91 Å². The molecule has 3 heterocycles. The Bertz CT molecular complexity index is 766. The van der Waals surface area contributed by atoms with Crippen LogP contribution in [0.15, 0.2) is 17.0 Å². The predicted molar refractivity (Wildman–Crippen MR) is 92.9 cm³/mol. The van der Waals surface area contributed by atoms with Gasteiger partial charge in [-0.3, -0.25) is 14.3 Å². The largest absolute Gasteiger partial charge is 0.345 e. The number of amides is 2. The van der Waals surface area contributed by atoms with Gasteiger partial charge >= 0.3 is 0 Å². The molecule has 2 aliphatic rings. The van der Waals surface area contributed by atoms with Crippen molar-refractivity contribution in [2.45, 2.75) is 45.3 Å². The predicted octanol–water partition coefficient (Wildman–Crippen LogP) is 1.80. The Morgan fingerprint density at radius 3 is 2.88 bits per heavy atom. The first-order chi connectivity index (χ1) is 12.2. The van der Waals surface area contributed by atoms with E-state index in [1.807, 2.05) is 15.6 Å². The molecular formula is C17H21N5O2S. The van der Waals surface area contributed by atoms with E-state index in [2.05, 4.69) is 15.4 Å². The lowest BCUT2D eigenvalue weighted by atomic mass is 9.84. The molecule has 4 rings (SSSR count). The lowest BCUT2D eigenvalue weighted by molar-refractivity contribution is -0.138. The molecule has 0 aromatic carbocycles. The first-order valence-corrected chi connectivity index (χ1v) is 9.66. The maximum Gasteiger partial charge on any atom is 0.271 e. The summed E-state index contributed by atoms with van der Waals surface area (Å²) < 4.78 is 1.97. The fourth-order valence-corrected chi connectivity index (χ4v) is 3.83. The average molecular weight is 359 g/mol. The number of aryl methyl sites for hydroxylation is 1. The minimum absolute atomic E-state index is 0.189. The van der Waals surface area contributed by atoms with Crippen molar-refractivity contribution >= 4 is 23.2 Å². The topological polar surface area (TPSA) is 80.1 Å². The number of carbonyl (C=O) groups excluding carboxylic acids is 2. The number of hydrogen-bond donors (Lipinski definition) is 1. The van der Waals surface area contributed by atoms with Crippen molar-refractivity contribution in [1.29, 1.82) is 0 Å². The van der Waals surface area contributed by atoms with E-state index >= 15 is 0 Å². The normalized spacial score (nSPS) is 17.5. The molecule has 0 radical (unpaired) electrons. The molecule has 1 aliphatic heterocycles. The van der Waals surface area contributed by atoms with Gasteiger partial charge in [-0.2, -0.15) is 5.10 Å². The molecule has 2 aromatic rings. The number of nitrogens with zero attached hydrogens (tertiary/aromatic N) is 4. The van der Waals surface area contributed by atoms with Crippen molar-refractivity contribution in [3.63, 3.8) is 0 Å². The molecule has 8 heteroatoms. The number of thiazole rings is 1. The summed E-state index contributed by atoms with van der Waals surface area (Å²) in [5.74, 6) is 0.330. The van der Waals surface area contributed by atoms with Gasteiger partial charge in [-0.05, 0) is 25.3 Å². The number of fused-ring (bicyclic) bond motifs is 1. The third kappa shape index (κ3) is 3.44. The van der Waals surface area contributed by atoms with Crippen LogP contribution in [0.25, 0.3) is 0 Å². The Morgan fingerprint density at radius 2 is 2.16 bits per heavy atom. The molecule has 2 aromatic heterocycles. The Hall–Kier alpha value is -2.22. The van der Waals surface area contributed by atoms with Crippen LogP contribution in [0.1, 0.15) is 47.6 Å². The number of hydrogen-bond acceptors (Lipinski definition) is 5. The second-order valence-electron chi connectivity index (χ2n) is 6.65. The minimum atomic E-state index is -0.189. The van der Waals surface area contributed by atoms with Crippen molar-refractivity contribution in [3.8, 4) is 0 Å². The standard InChI is InChI=1S/C17H21N5O2S/c23-16(15-10-25-11-19-15)18-8-13-7-14-9-21(5-2-6-22(14)20-13)17(24)12-3-1-4-12/h7,10-12H,1-6,8-9H2,(H,18,23). The quantitative estimate of drug-likeness (QED) is 0.903. The SMILES string of the molecule is O=C(NCc1cc2n(n1)CCCN(C(=O)C1CCC1)C2)c1cscn1. The first kappa shape index (κ1) is 16.3. The van der Waals surface area contributed by atoms with Crippen LogP contribution in [-0.2, 0) is 24.4 Å². The number of aromatic nitrogens is 3. The van der Waals surface area contributed by atoms with E-state index in [0.29, 0.717) is 24.7 Å². The third-order valence-electron chi connectivity index (χ3n) is 4.93. The summed E-state index contributed by atoms with van der Waals surface area (Å²) in [5, 5.41) is 9.15. The minimum Gasteiger partial charge on any atom is -0.345 e. The van der Waals surface area contributed by atoms with Crippen LogP contribution in [0.3, 0.4) is 0 Å². The van der Waals surface area contributed by atoms with E-state index < -0.39 is 0 Å². The molecule has 0 atom stereocenters. The second-order valence-corrected chi connectivity index (χ2v) is 7.37. The van der Waals surface area contributed by atoms with Gasteiger partial charge in [-0.1, -0.05) is 6.42 Å². The highest BCUT2D eigenvalue weighted by Crippen LogP contribution is 2.29. The number of carbonyl (C=O) groups is 2. The molecule has 1 N–H and O–H groups in total. The lowest BCUT2D eigenvalue weighted by Crippen LogP contribution is -2.38. The van der Waals surface area contributed by atoms with Gasteiger partial charge < -0.3 is 10.2 Å². The van der Waals surface area contributed by atoms with Gasteiger partial charge in [0.1, 0.15) is 5.69 Å². The van der Waals surface area contributed by atoms with Crippen LogP contribution >= 0.6 is 11.3 Å². The van der Waals surface area contributed by atoms with Gasteiger partial charge in [0.05, 0.1) is 30.0 Å².